The highest BCUT2D eigenvalue weighted by Crippen LogP contribution is 2.29. The summed E-state index contributed by atoms with van der Waals surface area (Å²) in [5.41, 5.74) is 3.59. The zero-order valence-corrected chi connectivity index (χ0v) is 14.3. The second-order valence-corrected chi connectivity index (χ2v) is 6.60. The van der Waals surface area contributed by atoms with E-state index in [1.807, 2.05) is 9.58 Å². The summed E-state index contributed by atoms with van der Waals surface area (Å²) in [5, 5.41) is 4.63. The highest BCUT2D eigenvalue weighted by atomic mass is 16.5. The summed E-state index contributed by atoms with van der Waals surface area (Å²) in [5.74, 6) is 0.462. The van der Waals surface area contributed by atoms with E-state index in [1.54, 1.807) is 7.11 Å². The molecule has 126 valence electrons. The molecule has 3 rings (SSSR count). The predicted octanol–water partition coefficient (Wildman–Crippen LogP) is 2.87. The lowest BCUT2D eigenvalue weighted by Gasteiger charge is -2.32. The minimum absolute atomic E-state index is 0.230. The average Bonchev–Trinajstić information content (AvgIpc) is 2.99. The molecule has 1 aliphatic heterocycles. The third kappa shape index (κ3) is 3.66. The summed E-state index contributed by atoms with van der Waals surface area (Å²) < 4.78 is 7.34. The van der Waals surface area contributed by atoms with Crippen molar-refractivity contribution in [3.05, 3.63) is 29.1 Å². The normalized spacial score (nSPS) is 21.0. The van der Waals surface area contributed by atoms with Crippen LogP contribution in [0, 0.1) is 0 Å². The first-order chi connectivity index (χ1) is 11.2. The molecule has 23 heavy (non-hydrogen) atoms. The van der Waals surface area contributed by atoms with Crippen LogP contribution in [0.15, 0.2) is 17.8 Å². The van der Waals surface area contributed by atoms with E-state index in [2.05, 4.69) is 24.3 Å². The number of rotatable bonds is 5. The van der Waals surface area contributed by atoms with Crippen LogP contribution in [0.5, 0.6) is 0 Å². The van der Waals surface area contributed by atoms with Gasteiger partial charge in [0.1, 0.15) is 0 Å². The van der Waals surface area contributed by atoms with E-state index in [-0.39, 0.29) is 11.8 Å². The molecular formula is C18H27N3O2. The molecule has 5 nitrogen and oxygen atoms in total. The number of carbonyl (C=O) groups excluding carboxylic acids is 1. The SMILES string of the molecule is CCn1cc2c(n1)CN(C(=O)CC1=CCCCC1)CC2COC. The molecule has 1 aliphatic carbocycles. The maximum Gasteiger partial charge on any atom is 0.227 e. The van der Waals surface area contributed by atoms with Crippen molar-refractivity contribution in [3.63, 3.8) is 0 Å². The minimum atomic E-state index is 0.230. The van der Waals surface area contributed by atoms with Crippen LogP contribution in [-0.4, -0.2) is 40.8 Å². The molecule has 5 heteroatoms. The van der Waals surface area contributed by atoms with Crippen molar-refractivity contribution in [1.82, 2.24) is 14.7 Å². The van der Waals surface area contributed by atoms with Crippen molar-refractivity contribution in [2.75, 3.05) is 20.3 Å². The Morgan fingerprint density at radius 1 is 1.43 bits per heavy atom. The van der Waals surface area contributed by atoms with Gasteiger partial charge in [0, 0.05) is 44.3 Å². The number of hydrogen-bond acceptors (Lipinski definition) is 3. The van der Waals surface area contributed by atoms with Gasteiger partial charge in [-0.1, -0.05) is 11.6 Å². The van der Waals surface area contributed by atoms with Gasteiger partial charge in [0.25, 0.3) is 0 Å². The maximum absolute atomic E-state index is 12.7. The largest absolute Gasteiger partial charge is 0.384 e. The molecule has 0 bridgehead atoms. The van der Waals surface area contributed by atoms with E-state index < -0.39 is 0 Å². The number of ether oxygens (including phenoxy) is 1. The fraction of sp³-hybridized carbons (Fsp3) is 0.667. The number of allylic oxidation sites excluding steroid dienone is 1. The van der Waals surface area contributed by atoms with Gasteiger partial charge in [0.05, 0.1) is 18.8 Å². The molecule has 1 aromatic heterocycles. The fourth-order valence-corrected chi connectivity index (χ4v) is 3.62. The third-order valence-corrected chi connectivity index (χ3v) is 4.90. The van der Waals surface area contributed by atoms with Crippen LogP contribution in [0.25, 0.3) is 0 Å². The summed E-state index contributed by atoms with van der Waals surface area (Å²) in [7, 11) is 1.72. The van der Waals surface area contributed by atoms with E-state index in [0.29, 0.717) is 19.6 Å². The van der Waals surface area contributed by atoms with Crippen molar-refractivity contribution < 1.29 is 9.53 Å². The molecule has 1 aromatic rings. The molecule has 0 saturated heterocycles. The number of nitrogens with zero attached hydrogens (tertiary/aromatic N) is 3. The zero-order chi connectivity index (χ0) is 16.2. The number of carbonyl (C=O) groups is 1. The van der Waals surface area contributed by atoms with Crippen LogP contribution in [0.4, 0.5) is 0 Å². The van der Waals surface area contributed by atoms with Crippen molar-refractivity contribution in [3.8, 4) is 0 Å². The first-order valence-corrected chi connectivity index (χ1v) is 8.72. The van der Waals surface area contributed by atoms with Crippen LogP contribution >= 0.6 is 0 Å². The third-order valence-electron chi connectivity index (χ3n) is 4.90. The van der Waals surface area contributed by atoms with Gasteiger partial charge in [-0.2, -0.15) is 5.10 Å². The van der Waals surface area contributed by atoms with Gasteiger partial charge < -0.3 is 9.64 Å². The van der Waals surface area contributed by atoms with Crippen molar-refractivity contribution in [2.24, 2.45) is 0 Å². The van der Waals surface area contributed by atoms with E-state index in [9.17, 15) is 4.79 Å². The molecule has 0 fully saturated rings. The van der Waals surface area contributed by atoms with Gasteiger partial charge in [-0.25, -0.2) is 0 Å². The molecule has 1 unspecified atom stereocenters. The quantitative estimate of drug-likeness (QED) is 0.785. The summed E-state index contributed by atoms with van der Waals surface area (Å²) in [6, 6.07) is 0. The van der Waals surface area contributed by atoms with Gasteiger partial charge in [-0.05, 0) is 32.6 Å². The molecule has 0 saturated carbocycles. The molecule has 0 aromatic carbocycles. The summed E-state index contributed by atoms with van der Waals surface area (Å²) >= 11 is 0. The number of aryl methyl sites for hydroxylation is 1. The lowest BCUT2D eigenvalue weighted by Crippen LogP contribution is -2.39. The van der Waals surface area contributed by atoms with Gasteiger partial charge >= 0.3 is 0 Å². The summed E-state index contributed by atoms with van der Waals surface area (Å²) in [6.45, 7) is 4.95. The molecule has 2 heterocycles. The predicted molar refractivity (Wildman–Crippen MR) is 89.1 cm³/mol. The first-order valence-electron chi connectivity index (χ1n) is 8.72. The maximum atomic E-state index is 12.7. The highest BCUT2D eigenvalue weighted by molar-refractivity contribution is 5.79. The monoisotopic (exact) mass is 317 g/mol. The Labute approximate surface area is 138 Å². The van der Waals surface area contributed by atoms with Crippen LogP contribution in [0.1, 0.15) is 56.2 Å². The molecule has 0 spiro atoms. The average molecular weight is 317 g/mol. The van der Waals surface area contributed by atoms with E-state index in [0.717, 1.165) is 31.6 Å². The van der Waals surface area contributed by atoms with Gasteiger partial charge in [-0.3, -0.25) is 9.48 Å². The van der Waals surface area contributed by atoms with Crippen molar-refractivity contribution in [2.45, 2.75) is 58.0 Å². The summed E-state index contributed by atoms with van der Waals surface area (Å²) in [4.78, 5) is 14.7. The lowest BCUT2D eigenvalue weighted by molar-refractivity contribution is -0.132. The topological polar surface area (TPSA) is 47.4 Å². The molecule has 1 amide bonds. The Morgan fingerprint density at radius 3 is 3.00 bits per heavy atom. The van der Waals surface area contributed by atoms with Crippen molar-refractivity contribution in [1.29, 1.82) is 0 Å². The van der Waals surface area contributed by atoms with Crippen LogP contribution < -0.4 is 0 Å². The fourth-order valence-electron chi connectivity index (χ4n) is 3.62. The number of amides is 1. The molecule has 2 aliphatic rings. The van der Waals surface area contributed by atoms with Gasteiger partial charge in [0.15, 0.2) is 0 Å². The molecular weight excluding hydrogens is 290 g/mol. The Balaban J connectivity index is 1.73. The molecule has 0 N–H and O–H groups in total. The number of methoxy groups -OCH3 is 1. The zero-order valence-electron chi connectivity index (χ0n) is 14.3. The Morgan fingerprint density at radius 2 is 2.30 bits per heavy atom. The number of aromatic nitrogens is 2. The Hall–Kier alpha value is -1.62. The van der Waals surface area contributed by atoms with E-state index in [4.69, 9.17) is 4.74 Å². The smallest absolute Gasteiger partial charge is 0.227 e. The number of hydrogen-bond donors (Lipinski definition) is 0. The van der Waals surface area contributed by atoms with Gasteiger partial charge in [0.2, 0.25) is 5.91 Å². The number of fused-ring (bicyclic) bond motifs is 1. The van der Waals surface area contributed by atoms with E-state index in [1.165, 1.54) is 24.0 Å². The standard InChI is InChI=1S/C18H27N3O2/c1-3-21-11-16-15(13-23-2)10-20(12-17(16)19-21)18(22)9-14-7-5-4-6-8-14/h7,11,15H,3-6,8-10,12-13H2,1-2H3. The second-order valence-electron chi connectivity index (χ2n) is 6.60. The van der Waals surface area contributed by atoms with Crippen LogP contribution in [0.2, 0.25) is 0 Å². The molecule has 0 radical (unpaired) electrons. The van der Waals surface area contributed by atoms with Gasteiger partial charge in [-0.15, -0.1) is 0 Å². The lowest BCUT2D eigenvalue weighted by atomic mass is 9.93. The van der Waals surface area contributed by atoms with Crippen LogP contribution in [-0.2, 0) is 22.6 Å². The Bertz CT molecular complexity index is 591. The Kier molecular flexibility index (Phi) is 5.16. The van der Waals surface area contributed by atoms with E-state index >= 15 is 0 Å². The van der Waals surface area contributed by atoms with Crippen LogP contribution in [0.3, 0.4) is 0 Å². The second kappa shape index (κ2) is 7.30. The highest BCUT2D eigenvalue weighted by Gasteiger charge is 2.30. The molecule has 1 atom stereocenters. The first kappa shape index (κ1) is 16.2. The van der Waals surface area contributed by atoms with Crippen molar-refractivity contribution >= 4 is 5.91 Å². The summed E-state index contributed by atoms with van der Waals surface area (Å²) in [6.07, 6.45) is 9.63. The minimum Gasteiger partial charge on any atom is -0.384 e.